The number of hydrogen-bond acceptors (Lipinski definition) is 4. The van der Waals surface area contributed by atoms with Crippen molar-refractivity contribution >= 4 is 5.91 Å². The molecule has 1 amide bonds. The van der Waals surface area contributed by atoms with Crippen LogP contribution in [-0.2, 0) is 11.2 Å². The maximum absolute atomic E-state index is 12.1. The molecule has 1 aliphatic rings. The van der Waals surface area contributed by atoms with Gasteiger partial charge in [-0.25, -0.2) is 0 Å². The Hall–Kier alpha value is -1.75. The van der Waals surface area contributed by atoms with Crippen LogP contribution >= 0.6 is 0 Å². The van der Waals surface area contributed by atoms with Crippen LogP contribution in [0.4, 0.5) is 0 Å². The number of ether oxygens (including phenoxy) is 2. The number of hydrogen-bond donors (Lipinski definition) is 2. The molecule has 1 aliphatic heterocycles. The molecule has 5 nitrogen and oxygen atoms in total. The van der Waals surface area contributed by atoms with Gasteiger partial charge in [0.25, 0.3) is 0 Å². The minimum absolute atomic E-state index is 0.101. The van der Waals surface area contributed by atoms with Crippen molar-refractivity contribution < 1.29 is 14.3 Å². The third kappa shape index (κ3) is 4.63. The van der Waals surface area contributed by atoms with Crippen LogP contribution in [0.25, 0.3) is 0 Å². The van der Waals surface area contributed by atoms with E-state index in [2.05, 4.69) is 17.6 Å². The fraction of sp³-hybridized carbons (Fsp3) is 0.588. The summed E-state index contributed by atoms with van der Waals surface area (Å²) in [6.07, 6.45) is 3.10. The van der Waals surface area contributed by atoms with Crippen molar-refractivity contribution in [3.8, 4) is 11.5 Å². The van der Waals surface area contributed by atoms with Crippen molar-refractivity contribution in [1.29, 1.82) is 0 Å². The Morgan fingerprint density at radius 3 is 2.86 bits per heavy atom. The summed E-state index contributed by atoms with van der Waals surface area (Å²) in [5.41, 5.74) is 0.996. The molecule has 1 saturated heterocycles. The first-order valence-electron chi connectivity index (χ1n) is 7.86. The van der Waals surface area contributed by atoms with E-state index in [0.29, 0.717) is 18.9 Å². The van der Waals surface area contributed by atoms with Gasteiger partial charge in [-0.2, -0.15) is 0 Å². The molecular weight excluding hydrogens is 280 g/mol. The van der Waals surface area contributed by atoms with Gasteiger partial charge in [-0.15, -0.1) is 0 Å². The molecule has 1 aromatic carbocycles. The second-order valence-electron chi connectivity index (χ2n) is 5.82. The van der Waals surface area contributed by atoms with Gasteiger partial charge in [-0.3, -0.25) is 4.79 Å². The minimum atomic E-state index is 0.101. The molecule has 22 heavy (non-hydrogen) atoms. The SMILES string of the molecule is COc1ccc(OC)c(CCC(=O)NC2CCNC(C)C2)c1. The number of rotatable bonds is 6. The fourth-order valence-corrected chi connectivity index (χ4v) is 2.89. The highest BCUT2D eigenvalue weighted by atomic mass is 16.5. The zero-order valence-electron chi connectivity index (χ0n) is 13.6. The van der Waals surface area contributed by atoms with Crippen LogP contribution in [-0.4, -0.2) is 38.8 Å². The maximum atomic E-state index is 12.1. The largest absolute Gasteiger partial charge is 0.497 e. The number of amides is 1. The second kappa shape index (κ2) is 8.03. The predicted octanol–water partition coefficient (Wildman–Crippen LogP) is 1.89. The molecule has 0 spiro atoms. The fourth-order valence-electron chi connectivity index (χ4n) is 2.89. The van der Waals surface area contributed by atoms with Crippen LogP contribution in [0.5, 0.6) is 11.5 Å². The third-order valence-electron chi connectivity index (χ3n) is 4.10. The zero-order chi connectivity index (χ0) is 15.9. The van der Waals surface area contributed by atoms with Crippen LogP contribution in [0.15, 0.2) is 18.2 Å². The Balaban J connectivity index is 1.87. The molecule has 5 heteroatoms. The second-order valence-corrected chi connectivity index (χ2v) is 5.82. The summed E-state index contributed by atoms with van der Waals surface area (Å²) < 4.78 is 10.6. The molecule has 2 N–H and O–H groups in total. The highest BCUT2D eigenvalue weighted by molar-refractivity contribution is 5.76. The number of benzene rings is 1. The van der Waals surface area contributed by atoms with Crippen molar-refractivity contribution in [3.63, 3.8) is 0 Å². The molecule has 1 heterocycles. The summed E-state index contributed by atoms with van der Waals surface area (Å²) in [6.45, 7) is 3.12. The molecule has 2 rings (SSSR count). The van der Waals surface area contributed by atoms with Crippen LogP contribution < -0.4 is 20.1 Å². The lowest BCUT2D eigenvalue weighted by atomic mass is 10.00. The first-order valence-corrected chi connectivity index (χ1v) is 7.86. The van der Waals surface area contributed by atoms with E-state index in [-0.39, 0.29) is 11.9 Å². The molecular formula is C17H26N2O3. The first-order chi connectivity index (χ1) is 10.6. The average molecular weight is 306 g/mol. The van der Waals surface area contributed by atoms with E-state index in [1.807, 2.05) is 18.2 Å². The van der Waals surface area contributed by atoms with Gasteiger partial charge < -0.3 is 20.1 Å². The third-order valence-corrected chi connectivity index (χ3v) is 4.10. The lowest BCUT2D eigenvalue weighted by molar-refractivity contribution is -0.122. The molecule has 0 aliphatic carbocycles. The quantitative estimate of drug-likeness (QED) is 0.843. The number of carbonyl (C=O) groups is 1. The van der Waals surface area contributed by atoms with Gasteiger partial charge in [0.05, 0.1) is 14.2 Å². The standard InChI is InChI=1S/C17H26N2O3/c1-12-10-14(8-9-18-12)19-17(20)7-4-13-11-15(21-2)5-6-16(13)22-3/h5-6,11-12,14,18H,4,7-10H2,1-3H3,(H,19,20). The summed E-state index contributed by atoms with van der Waals surface area (Å²) >= 11 is 0. The highest BCUT2D eigenvalue weighted by Crippen LogP contribution is 2.25. The van der Waals surface area contributed by atoms with E-state index in [1.165, 1.54) is 0 Å². The normalized spacial score (nSPS) is 21.2. The Kier molecular flexibility index (Phi) is 6.07. The number of nitrogens with one attached hydrogen (secondary N) is 2. The van der Waals surface area contributed by atoms with E-state index < -0.39 is 0 Å². The highest BCUT2D eigenvalue weighted by Gasteiger charge is 2.19. The van der Waals surface area contributed by atoms with Crippen molar-refractivity contribution in [3.05, 3.63) is 23.8 Å². The average Bonchev–Trinajstić information content (AvgIpc) is 2.52. The van der Waals surface area contributed by atoms with E-state index in [9.17, 15) is 4.79 Å². The molecule has 122 valence electrons. The summed E-state index contributed by atoms with van der Waals surface area (Å²) in [6, 6.07) is 6.42. The molecule has 0 bridgehead atoms. The van der Waals surface area contributed by atoms with Crippen LogP contribution in [0, 0.1) is 0 Å². The van der Waals surface area contributed by atoms with Crippen LogP contribution in [0.2, 0.25) is 0 Å². The van der Waals surface area contributed by atoms with Gasteiger partial charge in [0.2, 0.25) is 5.91 Å². The Bertz CT molecular complexity index is 505. The lowest BCUT2D eigenvalue weighted by Gasteiger charge is -2.28. The number of aryl methyl sites for hydroxylation is 1. The number of carbonyl (C=O) groups excluding carboxylic acids is 1. The lowest BCUT2D eigenvalue weighted by Crippen LogP contribution is -2.46. The predicted molar refractivity (Wildman–Crippen MR) is 86.5 cm³/mol. The summed E-state index contributed by atoms with van der Waals surface area (Å²) in [5, 5.41) is 6.52. The van der Waals surface area contributed by atoms with E-state index in [1.54, 1.807) is 14.2 Å². The van der Waals surface area contributed by atoms with E-state index in [0.717, 1.165) is 36.4 Å². The van der Waals surface area contributed by atoms with Gasteiger partial charge in [-0.1, -0.05) is 0 Å². The Morgan fingerprint density at radius 1 is 1.36 bits per heavy atom. The summed E-state index contributed by atoms with van der Waals surface area (Å²) in [5.74, 6) is 1.68. The molecule has 1 fully saturated rings. The van der Waals surface area contributed by atoms with Gasteiger partial charge in [-0.05, 0) is 56.5 Å². The molecule has 2 atom stereocenters. The minimum Gasteiger partial charge on any atom is -0.497 e. The Morgan fingerprint density at radius 2 is 2.18 bits per heavy atom. The number of methoxy groups -OCH3 is 2. The number of piperidine rings is 1. The summed E-state index contributed by atoms with van der Waals surface area (Å²) in [7, 11) is 3.28. The van der Waals surface area contributed by atoms with E-state index in [4.69, 9.17) is 9.47 Å². The van der Waals surface area contributed by atoms with E-state index >= 15 is 0 Å². The topological polar surface area (TPSA) is 59.6 Å². The van der Waals surface area contributed by atoms with Crippen LogP contribution in [0.3, 0.4) is 0 Å². The molecule has 2 unspecified atom stereocenters. The molecule has 0 aromatic heterocycles. The van der Waals surface area contributed by atoms with Gasteiger partial charge in [0.1, 0.15) is 11.5 Å². The maximum Gasteiger partial charge on any atom is 0.220 e. The van der Waals surface area contributed by atoms with Crippen molar-refractivity contribution in [2.75, 3.05) is 20.8 Å². The Labute approximate surface area is 132 Å². The monoisotopic (exact) mass is 306 g/mol. The molecule has 0 saturated carbocycles. The smallest absolute Gasteiger partial charge is 0.220 e. The van der Waals surface area contributed by atoms with Crippen molar-refractivity contribution in [2.24, 2.45) is 0 Å². The van der Waals surface area contributed by atoms with Gasteiger partial charge >= 0.3 is 0 Å². The van der Waals surface area contributed by atoms with Gasteiger partial charge in [0.15, 0.2) is 0 Å². The van der Waals surface area contributed by atoms with Crippen molar-refractivity contribution in [2.45, 2.75) is 44.7 Å². The first kappa shape index (κ1) is 16.6. The molecule has 0 radical (unpaired) electrons. The molecule has 1 aromatic rings. The van der Waals surface area contributed by atoms with Gasteiger partial charge in [0, 0.05) is 18.5 Å². The van der Waals surface area contributed by atoms with Crippen LogP contribution in [0.1, 0.15) is 31.7 Å². The zero-order valence-corrected chi connectivity index (χ0v) is 13.6. The van der Waals surface area contributed by atoms with Crippen molar-refractivity contribution in [1.82, 2.24) is 10.6 Å². The summed E-state index contributed by atoms with van der Waals surface area (Å²) in [4.78, 5) is 12.1.